The number of nitrogens with zero attached hydrogens (tertiary/aromatic N) is 1. The van der Waals surface area contributed by atoms with Gasteiger partial charge in [-0.1, -0.05) is 29.8 Å². The Hall–Kier alpha value is -2.61. The third kappa shape index (κ3) is 5.36. The number of sulfonamides is 1. The first-order chi connectivity index (χ1) is 14.6. The van der Waals surface area contributed by atoms with E-state index in [0.29, 0.717) is 6.54 Å². The molecule has 0 radical (unpaired) electrons. The topological polar surface area (TPSA) is 75.7 Å². The zero-order chi connectivity index (χ0) is 22.8. The maximum atomic E-state index is 13.0. The van der Waals surface area contributed by atoms with E-state index in [-0.39, 0.29) is 27.4 Å². The molecule has 0 atom stereocenters. The molecule has 0 aliphatic rings. The Morgan fingerprint density at radius 2 is 1.74 bits per heavy atom. The molecule has 6 nitrogen and oxygen atoms in total. The van der Waals surface area contributed by atoms with E-state index in [9.17, 15) is 13.2 Å². The normalized spacial score (nSPS) is 11.7. The number of nitrogens with one attached hydrogen (secondary N) is 1. The van der Waals surface area contributed by atoms with E-state index >= 15 is 0 Å². The van der Waals surface area contributed by atoms with Crippen molar-refractivity contribution in [3.05, 3.63) is 70.7 Å². The molecule has 0 bridgehead atoms. The van der Waals surface area contributed by atoms with E-state index in [0.717, 1.165) is 22.1 Å². The molecule has 1 amide bonds. The zero-order valence-electron chi connectivity index (χ0n) is 17.8. The molecule has 8 heteroatoms. The Balaban J connectivity index is 1.84. The van der Waals surface area contributed by atoms with Crippen molar-refractivity contribution in [1.29, 1.82) is 0 Å². The lowest BCUT2D eigenvalue weighted by Gasteiger charge is -2.19. The number of methoxy groups -OCH3 is 1. The van der Waals surface area contributed by atoms with Crippen LogP contribution in [0.2, 0.25) is 5.02 Å². The van der Waals surface area contributed by atoms with Crippen LogP contribution >= 0.6 is 11.6 Å². The Bertz CT molecular complexity index is 1230. The molecule has 0 aliphatic heterocycles. The van der Waals surface area contributed by atoms with Crippen LogP contribution in [0.25, 0.3) is 10.8 Å². The minimum absolute atomic E-state index is 0.00185. The molecule has 0 fully saturated rings. The van der Waals surface area contributed by atoms with Crippen LogP contribution in [0.15, 0.2) is 59.5 Å². The first-order valence-corrected chi connectivity index (χ1v) is 11.6. The lowest BCUT2D eigenvalue weighted by molar-refractivity contribution is 0.0785. The summed E-state index contributed by atoms with van der Waals surface area (Å²) in [7, 11) is -0.454. The first-order valence-electron chi connectivity index (χ1n) is 9.75. The molecule has 0 saturated heterocycles. The standard InChI is InChI=1S/C23H25ClN2O4S/c1-15(2)25-31(28,29)20-9-10-22(24)21(13-20)23(27)26(3)14-16-5-6-18-12-19(30-4)8-7-17(18)11-16/h5-13,15,25H,14H2,1-4H3. The van der Waals surface area contributed by atoms with E-state index in [1.165, 1.54) is 23.1 Å². The lowest BCUT2D eigenvalue weighted by Crippen LogP contribution is -2.31. The summed E-state index contributed by atoms with van der Waals surface area (Å²) in [5.41, 5.74) is 1.08. The van der Waals surface area contributed by atoms with Gasteiger partial charge in [0.2, 0.25) is 10.0 Å². The summed E-state index contributed by atoms with van der Waals surface area (Å²) in [6.45, 7) is 3.80. The van der Waals surface area contributed by atoms with Crippen LogP contribution in [0.3, 0.4) is 0 Å². The van der Waals surface area contributed by atoms with Crippen molar-refractivity contribution < 1.29 is 17.9 Å². The number of fused-ring (bicyclic) bond motifs is 1. The van der Waals surface area contributed by atoms with Crippen molar-refractivity contribution in [1.82, 2.24) is 9.62 Å². The summed E-state index contributed by atoms with van der Waals surface area (Å²) in [5, 5.41) is 2.27. The third-order valence-electron chi connectivity index (χ3n) is 4.75. The minimum atomic E-state index is -3.74. The Kier molecular flexibility index (Phi) is 6.89. The van der Waals surface area contributed by atoms with E-state index < -0.39 is 10.0 Å². The molecule has 3 aromatic carbocycles. The molecule has 0 heterocycles. The third-order valence-corrected chi connectivity index (χ3v) is 6.73. The predicted octanol–water partition coefficient (Wildman–Crippen LogP) is 4.46. The second-order valence-corrected chi connectivity index (χ2v) is 9.75. The van der Waals surface area contributed by atoms with Crippen molar-refractivity contribution in [3.8, 4) is 5.75 Å². The number of hydrogen-bond donors (Lipinski definition) is 1. The zero-order valence-corrected chi connectivity index (χ0v) is 19.4. The number of carbonyl (C=O) groups is 1. The average Bonchev–Trinajstić information content (AvgIpc) is 2.72. The Labute approximate surface area is 187 Å². The molecule has 0 unspecified atom stereocenters. The second kappa shape index (κ2) is 9.26. The average molecular weight is 461 g/mol. The highest BCUT2D eigenvalue weighted by Gasteiger charge is 2.21. The summed E-state index contributed by atoms with van der Waals surface area (Å²) >= 11 is 6.23. The molecule has 0 aliphatic carbocycles. The summed E-state index contributed by atoms with van der Waals surface area (Å²) < 4.78 is 32.7. The maximum Gasteiger partial charge on any atom is 0.255 e. The maximum absolute atomic E-state index is 13.0. The van der Waals surface area contributed by atoms with Gasteiger partial charge in [-0.15, -0.1) is 0 Å². The SMILES string of the molecule is COc1ccc2cc(CN(C)C(=O)c3cc(S(=O)(=O)NC(C)C)ccc3Cl)ccc2c1. The highest BCUT2D eigenvalue weighted by atomic mass is 35.5. The molecule has 3 rings (SSSR count). The van der Waals surface area contributed by atoms with Crippen LogP contribution < -0.4 is 9.46 Å². The Morgan fingerprint density at radius 3 is 2.42 bits per heavy atom. The molecular weight excluding hydrogens is 436 g/mol. The molecule has 1 N–H and O–H groups in total. The van der Waals surface area contributed by atoms with Crippen LogP contribution in [-0.2, 0) is 16.6 Å². The lowest BCUT2D eigenvalue weighted by atomic mass is 10.1. The van der Waals surface area contributed by atoms with Gasteiger partial charge in [0.1, 0.15) is 5.75 Å². The second-order valence-electron chi connectivity index (χ2n) is 7.63. The number of halogens is 1. The molecule has 0 saturated carbocycles. The van der Waals surface area contributed by atoms with Crippen molar-refractivity contribution in [2.75, 3.05) is 14.2 Å². The van der Waals surface area contributed by atoms with Gasteiger partial charge in [0.05, 0.1) is 22.6 Å². The number of benzene rings is 3. The number of amides is 1. The van der Waals surface area contributed by atoms with Gasteiger partial charge in [-0.3, -0.25) is 4.79 Å². The van der Waals surface area contributed by atoms with Crippen LogP contribution in [0, 0.1) is 0 Å². The van der Waals surface area contributed by atoms with Crippen molar-refractivity contribution in [2.24, 2.45) is 0 Å². The largest absolute Gasteiger partial charge is 0.497 e. The predicted molar refractivity (Wildman–Crippen MR) is 123 cm³/mol. The highest BCUT2D eigenvalue weighted by molar-refractivity contribution is 7.89. The first kappa shape index (κ1) is 23.1. The molecular formula is C23H25ClN2O4S. The van der Waals surface area contributed by atoms with Crippen LogP contribution in [-0.4, -0.2) is 39.4 Å². The fourth-order valence-corrected chi connectivity index (χ4v) is 4.74. The fraction of sp³-hybridized carbons (Fsp3) is 0.261. The summed E-state index contributed by atoms with van der Waals surface area (Å²) in [6.07, 6.45) is 0. The number of ether oxygens (including phenoxy) is 1. The van der Waals surface area contributed by atoms with Gasteiger partial charge >= 0.3 is 0 Å². The number of carbonyl (C=O) groups excluding carboxylic acids is 1. The molecule has 0 spiro atoms. The van der Waals surface area contributed by atoms with Crippen molar-refractivity contribution in [3.63, 3.8) is 0 Å². The van der Waals surface area contributed by atoms with Crippen LogP contribution in [0.5, 0.6) is 5.75 Å². The molecule has 31 heavy (non-hydrogen) atoms. The molecule has 0 aromatic heterocycles. The minimum Gasteiger partial charge on any atom is -0.497 e. The van der Waals surface area contributed by atoms with E-state index in [1.54, 1.807) is 28.0 Å². The quantitative estimate of drug-likeness (QED) is 0.564. The Morgan fingerprint density at radius 1 is 1.06 bits per heavy atom. The van der Waals surface area contributed by atoms with E-state index in [2.05, 4.69) is 4.72 Å². The van der Waals surface area contributed by atoms with Crippen LogP contribution in [0.4, 0.5) is 0 Å². The van der Waals surface area contributed by atoms with Crippen molar-refractivity contribution >= 4 is 38.3 Å². The van der Waals surface area contributed by atoms with Gasteiger partial charge < -0.3 is 9.64 Å². The van der Waals surface area contributed by atoms with Gasteiger partial charge in [0.15, 0.2) is 0 Å². The summed E-state index contributed by atoms with van der Waals surface area (Å²) in [6, 6.07) is 15.6. The van der Waals surface area contributed by atoms with Gasteiger partial charge in [-0.25, -0.2) is 13.1 Å². The number of rotatable bonds is 7. The highest BCUT2D eigenvalue weighted by Crippen LogP contribution is 2.25. The van der Waals surface area contributed by atoms with Gasteiger partial charge in [0.25, 0.3) is 5.91 Å². The van der Waals surface area contributed by atoms with E-state index in [4.69, 9.17) is 16.3 Å². The number of hydrogen-bond acceptors (Lipinski definition) is 4. The molecule has 164 valence electrons. The van der Waals surface area contributed by atoms with Crippen molar-refractivity contribution in [2.45, 2.75) is 31.3 Å². The molecule has 3 aromatic rings. The van der Waals surface area contributed by atoms with E-state index in [1.807, 2.05) is 36.4 Å². The van der Waals surface area contributed by atoms with Gasteiger partial charge in [-0.2, -0.15) is 0 Å². The van der Waals surface area contributed by atoms with Gasteiger partial charge in [0, 0.05) is 19.6 Å². The summed E-state index contributed by atoms with van der Waals surface area (Å²) in [5.74, 6) is 0.422. The van der Waals surface area contributed by atoms with Crippen LogP contribution in [0.1, 0.15) is 29.8 Å². The summed E-state index contributed by atoms with van der Waals surface area (Å²) in [4.78, 5) is 14.5. The smallest absolute Gasteiger partial charge is 0.255 e. The fourth-order valence-electron chi connectivity index (χ4n) is 3.26. The van der Waals surface area contributed by atoms with Gasteiger partial charge in [-0.05, 0) is 66.6 Å². The monoisotopic (exact) mass is 460 g/mol.